The molecule has 0 aliphatic heterocycles. The Morgan fingerprint density at radius 3 is 2.08 bits per heavy atom. The molecule has 0 bridgehead atoms. The molecule has 0 aromatic heterocycles. The zero-order valence-electron chi connectivity index (χ0n) is 13.6. The van der Waals surface area contributed by atoms with Gasteiger partial charge in [0.25, 0.3) is 5.91 Å². The van der Waals surface area contributed by atoms with E-state index < -0.39 is 0 Å². The van der Waals surface area contributed by atoms with Crippen LogP contribution in [0.1, 0.15) is 21.5 Å². The fourth-order valence-corrected chi connectivity index (χ4v) is 3.71. The molecule has 0 heterocycles. The van der Waals surface area contributed by atoms with Gasteiger partial charge >= 0.3 is 0 Å². The molecular formula is C21H18BrNOS. The van der Waals surface area contributed by atoms with Crippen LogP contribution in [0, 0.1) is 0 Å². The van der Waals surface area contributed by atoms with E-state index in [4.69, 9.17) is 0 Å². The minimum absolute atomic E-state index is 0.101. The van der Waals surface area contributed by atoms with Crippen molar-refractivity contribution in [3.8, 4) is 0 Å². The van der Waals surface area contributed by atoms with Gasteiger partial charge in [-0.25, -0.2) is 0 Å². The maximum Gasteiger partial charge on any atom is 0.255 e. The van der Waals surface area contributed by atoms with E-state index in [9.17, 15) is 4.79 Å². The Balaban J connectivity index is 1.54. The molecule has 1 N–H and O–H groups in total. The van der Waals surface area contributed by atoms with Gasteiger partial charge in [-0.15, -0.1) is 0 Å². The third kappa shape index (κ3) is 5.21. The molecule has 0 aliphatic carbocycles. The first-order valence-electron chi connectivity index (χ1n) is 7.99. The van der Waals surface area contributed by atoms with Crippen molar-refractivity contribution in [2.45, 2.75) is 11.5 Å². The molecule has 0 unspecified atom stereocenters. The topological polar surface area (TPSA) is 29.1 Å². The fourth-order valence-electron chi connectivity index (χ4n) is 2.37. The lowest BCUT2D eigenvalue weighted by Crippen LogP contribution is -2.12. The Bertz CT molecular complexity index is 834. The van der Waals surface area contributed by atoms with Gasteiger partial charge in [0, 0.05) is 21.5 Å². The Labute approximate surface area is 160 Å². The van der Waals surface area contributed by atoms with E-state index in [0.29, 0.717) is 5.56 Å². The molecule has 0 fully saturated rings. The van der Waals surface area contributed by atoms with E-state index in [1.807, 2.05) is 66.4 Å². The number of hydrogen-bond acceptors (Lipinski definition) is 2. The molecule has 0 radical (unpaired) electrons. The Kier molecular flexibility index (Phi) is 6.31. The average Bonchev–Trinajstić information content (AvgIpc) is 2.65. The van der Waals surface area contributed by atoms with Crippen LogP contribution in [-0.2, 0) is 11.5 Å². The van der Waals surface area contributed by atoms with Crippen molar-refractivity contribution in [3.05, 3.63) is 100 Å². The van der Waals surface area contributed by atoms with E-state index in [-0.39, 0.29) is 5.91 Å². The largest absolute Gasteiger partial charge is 0.321 e. The smallest absolute Gasteiger partial charge is 0.255 e. The average molecular weight is 412 g/mol. The van der Waals surface area contributed by atoms with Crippen LogP contribution in [-0.4, -0.2) is 5.91 Å². The van der Waals surface area contributed by atoms with Gasteiger partial charge in [-0.05, 0) is 51.3 Å². The normalized spacial score (nSPS) is 10.4. The van der Waals surface area contributed by atoms with Gasteiger partial charge in [0.1, 0.15) is 0 Å². The van der Waals surface area contributed by atoms with Crippen molar-refractivity contribution in [2.75, 3.05) is 5.32 Å². The van der Waals surface area contributed by atoms with Crippen LogP contribution < -0.4 is 5.32 Å². The van der Waals surface area contributed by atoms with E-state index >= 15 is 0 Å². The van der Waals surface area contributed by atoms with Crippen LogP contribution >= 0.6 is 27.7 Å². The molecule has 1 amide bonds. The van der Waals surface area contributed by atoms with Gasteiger partial charge in [-0.1, -0.05) is 54.6 Å². The fraction of sp³-hybridized carbons (Fsp3) is 0.0952. The van der Waals surface area contributed by atoms with E-state index in [1.165, 1.54) is 11.1 Å². The summed E-state index contributed by atoms with van der Waals surface area (Å²) in [6.07, 6.45) is 0. The lowest BCUT2D eigenvalue weighted by atomic mass is 10.1. The van der Waals surface area contributed by atoms with Crippen LogP contribution in [0.3, 0.4) is 0 Å². The number of para-hydroxylation sites is 1. The predicted molar refractivity (Wildman–Crippen MR) is 110 cm³/mol. The van der Waals surface area contributed by atoms with Crippen LogP contribution in [0.2, 0.25) is 0 Å². The standard InChI is InChI=1S/C21H18BrNOS/c22-19-8-4-5-9-20(19)23-21(24)18-12-10-17(11-13-18)15-25-14-16-6-2-1-3-7-16/h1-13H,14-15H2,(H,23,24). The highest BCUT2D eigenvalue weighted by Crippen LogP contribution is 2.22. The molecule has 3 aromatic carbocycles. The first-order chi connectivity index (χ1) is 12.2. The van der Waals surface area contributed by atoms with Gasteiger partial charge in [0.05, 0.1) is 5.69 Å². The number of amides is 1. The van der Waals surface area contributed by atoms with Crippen molar-refractivity contribution >= 4 is 39.3 Å². The van der Waals surface area contributed by atoms with E-state index in [1.54, 1.807) is 0 Å². The molecule has 0 atom stereocenters. The number of halogens is 1. The number of rotatable bonds is 6. The first-order valence-corrected chi connectivity index (χ1v) is 9.93. The summed E-state index contributed by atoms with van der Waals surface area (Å²) in [4.78, 5) is 12.3. The van der Waals surface area contributed by atoms with Gasteiger partial charge in [0.15, 0.2) is 0 Å². The second-order valence-electron chi connectivity index (χ2n) is 5.61. The number of carbonyl (C=O) groups is 1. The predicted octanol–water partition coefficient (Wildman–Crippen LogP) is 6.13. The van der Waals surface area contributed by atoms with Crippen molar-refractivity contribution in [1.82, 2.24) is 0 Å². The minimum Gasteiger partial charge on any atom is -0.321 e. The third-order valence-corrected chi connectivity index (χ3v) is 5.48. The molecule has 0 spiro atoms. The number of hydrogen-bond donors (Lipinski definition) is 1. The summed E-state index contributed by atoms with van der Waals surface area (Å²) in [5.41, 5.74) is 3.98. The number of benzene rings is 3. The summed E-state index contributed by atoms with van der Waals surface area (Å²) >= 11 is 5.31. The summed E-state index contributed by atoms with van der Waals surface area (Å²) < 4.78 is 0.872. The highest BCUT2D eigenvalue weighted by atomic mass is 79.9. The third-order valence-electron chi connectivity index (χ3n) is 3.72. The van der Waals surface area contributed by atoms with Gasteiger partial charge in [-0.2, -0.15) is 11.8 Å². The number of nitrogens with one attached hydrogen (secondary N) is 1. The summed E-state index contributed by atoms with van der Waals surface area (Å²) in [6, 6.07) is 25.8. The highest BCUT2D eigenvalue weighted by Gasteiger charge is 2.08. The highest BCUT2D eigenvalue weighted by molar-refractivity contribution is 9.10. The zero-order valence-corrected chi connectivity index (χ0v) is 16.0. The van der Waals surface area contributed by atoms with Crippen LogP contribution in [0.5, 0.6) is 0 Å². The van der Waals surface area contributed by atoms with E-state index in [2.05, 4.69) is 45.5 Å². The zero-order chi connectivity index (χ0) is 17.5. The SMILES string of the molecule is O=C(Nc1ccccc1Br)c1ccc(CSCc2ccccc2)cc1. The van der Waals surface area contributed by atoms with E-state index in [0.717, 1.165) is 21.7 Å². The second-order valence-corrected chi connectivity index (χ2v) is 7.45. The molecule has 0 saturated heterocycles. The van der Waals surface area contributed by atoms with Crippen LogP contribution in [0.25, 0.3) is 0 Å². The monoisotopic (exact) mass is 411 g/mol. The van der Waals surface area contributed by atoms with Crippen molar-refractivity contribution in [2.24, 2.45) is 0 Å². The minimum atomic E-state index is -0.101. The van der Waals surface area contributed by atoms with Gasteiger partial charge < -0.3 is 5.32 Å². The molecular weight excluding hydrogens is 394 g/mol. The Hall–Kier alpha value is -2.04. The lowest BCUT2D eigenvalue weighted by Gasteiger charge is -2.08. The molecule has 3 rings (SSSR count). The first kappa shape index (κ1) is 17.8. The van der Waals surface area contributed by atoms with Crippen LogP contribution in [0.15, 0.2) is 83.3 Å². The molecule has 2 nitrogen and oxygen atoms in total. The molecule has 126 valence electrons. The summed E-state index contributed by atoms with van der Waals surface area (Å²) in [5.74, 6) is 1.82. The maximum absolute atomic E-state index is 12.3. The van der Waals surface area contributed by atoms with Crippen molar-refractivity contribution in [1.29, 1.82) is 0 Å². The quantitative estimate of drug-likeness (QED) is 0.527. The van der Waals surface area contributed by atoms with Gasteiger partial charge in [-0.3, -0.25) is 4.79 Å². The van der Waals surface area contributed by atoms with Crippen molar-refractivity contribution in [3.63, 3.8) is 0 Å². The number of anilines is 1. The van der Waals surface area contributed by atoms with Crippen LogP contribution in [0.4, 0.5) is 5.69 Å². The number of carbonyl (C=O) groups excluding carboxylic acids is 1. The maximum atomic E-state index is 12.3. The molecule has 0 aliphatic rings. The summed E-state index contributed by atoms with van der Waals surface area (Å²) in [5, 5.41) is 2.92. The Morgan fingerprint density at radius 2 is 1.40 bits per heavy atom. The second kappa shape index (κ2) is 8.88. The number of thioether (sulfide) groups is 1. The molecule has 4 heteroatoms. The molecule has 3 aromatic rings. The summed E-state index contributed by atoms with van der Waals surface area (Å²) in [7, 11) is 0. The summed E-state index contributed by atoms with van der Waals surface area (Å²) in [6.45, 7) is 0. The molecule has 25 heavy (non-hydrogen) atoms. The molecule has 0 saturated carbocycles. The Morgan fingerprint density at radius 1 is 0.800 bits per heavy atom. The van der Waals surface area contributed by atoms with Gasteiger partial charge in [0.2, 0.25) is 0 Å². The lowest BCUT2D eigenvalue weighted by molar-refractivity contribution is 0.102. The van der Waals surface area contributed by atoms with Crippen molar-refractivity contribution < 1.29 is 4.79 Å².